The molecule has 0 aliphatic rings. The number of benzene rings is 1. The van der Waals surface area contributed by atoms with Gasteiger partial charge in [0.1, 0.15) is 18.5 Å². The molecular formula is C15H23ClO4. The fraction of sp³-hybridized carbons (Fsp3) is 0.600. The molecule has 1 aromatic rings. The Balaban J connectivity index is 2.37. The van der Waals surface area contributed by atoms with Crippen LogP contribution in [0, 0.1) is 0 Å². The first-order valence-electron chi connectivity index (χ1n) is 6.90. The Kier molecular flexibility index (Phi) is 7.92. The summed E-state index contributed by atoms with van der Waals surface area (Å²) in [7, 11) is 0. The van der Waals surface area contributed by atoms with Gasteiger partial charge in [-0.3, -0.25) is 0 Å². The molecule has 2 N–H and O–H groups in total. The van der Waals surface area contributed by atoms with Gasteiger partial charge in [0.2, 0.25) is 0 Å². The van der Waals surface area contributed by atoms with Crippen LogP contribution in [0.25, 0.3) is 0 Å². The smallest absolute Gasteiger partial charge is 0.138 e. The lowest BCUT2D eigenvalue weighted by Crippen LogP contribution is -2.23. The van der Waals surface area contributed by atoms with Crippen molar-refractivity contribution < 1.29 is 19.7 Å². The molecule has 0 aliphatic heterocycles. The van der Waals surface area contributed by atoms with E-state index < -0.39 is 12.2 Å². The van der Waals surface area contributed by atoms with Gasteiger partial charge in [-0.25, -0.2) is 0 Å². The third kappa shape index (κ3) is 6.09. The van der Waals surface area contributed by atoms with Gasteiger partial charge in [-0.15, -0.1) is 0 Å². The van der Waals surface area contributed by atoms with Gasteiger partial charge in [0, 0.05) is 6.61 Å². The predicted octanol–water partition coefficient (Wildman–Crippen LogP) is 2.95. The molecule has 4 nitrogen and oxygen atoms in total. The Morgan fingerprint density at radius 1 is 1.25 bits per heavy atom. The molecule has 1 unspecified atom stereocenters. The Labute approximate surface area is 125 Å². The number of aliphatic hydroxyl groups excluding tert-OH is 2. The van der Waals surface area contributed by atoms with Crippen LogP contribution < -0.4 is 4.74 Å². The first-order valence-corrected chi connectivity index (χ1v) is 7.28. The first kappa shape index (κ1) is 17.2. The topological polar surface area (TPSA) is 58.9 Å². The Morgan fingerprint density at radius 2 is 2.00 bits per heavy atom. The van der Waals surface area contributed by atoms with E-state index in [9.17, 15) is 10.2 Å². The summed E-state index contributed by atoms with van der Waals surface area (Å²) in [5.41, 5.74) is 0.728. The van der Waals surface area contributed by atoms with Gasteiger partial charge < -0.3 is 19.7 Å². The number of unbranched alkanes of at least 4 members (excludes halogenated alkanes) is 1. The molecule has 0 saturated carbocycles. The highest BCUT2D eigenvalue weighted by Gasteiger charge is 2.09. The largest absolute Gasteiger partial charge is 0.489 e. The van der Waals surface area contributed by atoms with E-state index in [0.29, 0.717) is 17.4 Å². The number of ether oxygens (including phenoxy) is 2. The third-order valence-electron chi connectivity index (χ3n) is 2.82. The summed E-state index contributed by atoms with van der Waals surface area (Å²) in [5.74, 6) is 0.490. The third-order valence-corrected chi connectivity index (χ3v) is 3.12. The van der Waals surface area contributed by atoms with Crippen LogP contribution in [0.1, 0.15) is 38.4 Å². The summed E-state index contributed by atoms with van der Waals surface area (Å²) in [6.45, 7) is 4.78. The van der Waals surface area contributed by atoms with Crippen LogP contribution in [0.4, 0.5) is 0 Å². The monoisotopic (exact) mass is 302 g/mol. The number of halogens is 1. The summed E-state index contributed by atoms with van der Waals surface area (Å²) >= 11 is 6.05. The molecule has 0 aliphatic carbocycles. The summed E-state index contributed by atoms with van der Waals surface area (Å²) in [6.07, 6.45) is 0.802. The second-order valence-electron chi connectivity index (χ2n) is 4.76. The molecule has 5 heteroatoms. The lowest BCUT2D eigenvalue weighted by molar-refractivity contribution is 0.0113. The van der Waals surface area contributed by atoms with Gasteiger partial charge in [-0.1, -0.05) is 31.0 Å². The summed E-state index contributed by atoms with van der Waals surface area (Å²) < 4.78 is 10.8. The minimum Gasteiger partial charge on any atom is -0.489 e. The standard InChI is InChI=1S/C15H23ClO4/c1-3-4-7-19-9-13(18)10-20-15-6-5-12(11(2)17)8-14(15)16/h5-6,8,11,13,17-18H,3-4,7,9-10H2,1-2H3/t11-,13?/m1/s1. The van der Waals surface area contributed by atoms with Crippen LogP contribution in [-0.2, 0) is 4.74 Å². The van der Waals surface area contributed by atoms with Gasteiger partial charge >= 0.3 is 0 Å². The van der Waals surface area contributed by atoms with E-state index in [2.05, 4.69) is 6.92 Å². The fourth-order valence-corrected chi connectivity index (χ4v) is 1.84. The molecule has 1 aromatic carbocycles. The zero-order valence-electron chi connectivity index (χ0n) is 12.0. The summed E-state index contributed by atoms with van der Waals surface area (Å²) in [4.78, 5) is 0. The normalized spacial score (nSPS) is 14.1. The molecule has 1 rings (SSSR count). The summed E-state index contributed by atoms with van der Waals surface area (Å²) in [6, 6.07) is 5.09. The Morgan fingerprint density at radius 3 is 2.60 bits per heavy atom. The summed E-state index contributed by atoms with van der Waals surface area (Å²) in [5, 5.41) is 19.6. The minimum atomic E-state index is -0.681. The van der Waals surface area contributed by atoms with E-state index >= 15 is 0 Å². The lowest BCUT2D eigenvalue weighted by atomic mass is 10.1. The van der Waals surface area contributed by atoms with Gasteiger partial charge in [0.15, 0.2) is 0 Å². The van der Waals surface area contributed by atoms with Crippen molar-refractivity contribution in [2.24, 2.45) is 0 Å². The lowest BCUT2D eigenvalue weighted by Gasteiger charge is -2.14. The molecular weight excluding hydrogens is 280 g/mol. The van der Waals surface area contributed by atoms with Gasteiger partial charge in [0.25, 0.3) is 0 Å². The van der Waals surface area contributed by atoms with Gasteiger partial charge in [-0.05, 0) is 31.0 Å². The van der Waals surface area contributed by atoms with E-state index in [1.54, 1.807) is 25.1 Å². The molecule has 0 heterocycles. The number of hydrogen-bond donors (Lipinski definition) is 2. The predicted molar refractivity (Wildman–Crippen MR) is 79.3 cm³/mol. The average Bonchev–Trinajstić information content (AvgIpc) is 2.42. The maximum Gasteiger partial charge on any atom is 0.138 e. The van der Waals surface area contributed by atoms with Crippen LogP contribution in [0.2, 0.25) is 5.02 Å². The molecule has 0 aromatic heterocycles. The van der Waals surface area contributed by atoms with Crippen molar-refractivity contribution in [3.05, 3.63) is 28.8 Å². The molecule has 0 fully saturated rings. The van der Waals surface area contributed by atoms with E-state index in [0.717, 1.165) is 18.4 Å². The van der Waals surface area contributed by atoms with Crippen LogP contribution in [0.15, 0.2) is 18.2 Å². The number of hydrogen-bond acceptors (Lipinski definition) is 4. The molecule has 114 valence electrons. The van der Waals surface area contributed by atoms with E-state index in [-0.39, 0.29) is 13.2 Å². The Hall–Kier alpha value is -0.810. The average molecular weight is 303 g/mol. The number of aliphatic hydroxyl groups is 2. The molecule has 0 spiro atoms. The minimum absolute atomic E-state index is 0.125. The molecule has 2 atom stereocenters. The second-order valence-corrected chi connectivity index (χ2v) is 5.17. The SMILES string of the molecule is CCCCOCC(O)COc1ccc([C@@H](C)O)cc1Cl. The van der Waals surface area contributed by atoms with Crippen molar-refractivity contribution in [1.82, 2.24) is 0 Å². The zero-order chi connectivity index (χ0) is 15.0. The highest BCUT2D eigenvalue weighted by molar-refractivity contribution is 6.32. The van der Waals surface area contributed by atoms with Crippen molar-refractivity contribution in [1.29, 1.82) is 0 Å². The molecule has 20 heavy (non-hydrogen) atoms. The number of rotatable bonds is 9. The maximum absolute atomic E-state index is 9.71. The Bertz CT molecular complexity index is 395. The van der Waals surface area contributed by atoms with Crippen molar-refractivity contribution >= 4 is 11.6 Å². The van der Waals surface area contributed by atoms with Crippen LogP contribution >= 0.6 is 11.6 Å². The van der Waals surface area contributed by atoms with Gasteiger partial charge in [-0.2, -0.15) is 0 Å². The van der Waals surface area contributed by atoms with Crippen molar-refractivity contribution in [3.63, 3.8) is 0 Å². The first-order chi connectivity index (χ1) is 9.54. The van der Waals surface area contributed by atoms with Crippen LogP contribution in [0.3, 0.4) is 0 Å². The molecule has 0 amide bonds. The highest BCUT2D eigenvalue weighted by Crippen LogP contribution is 2.27. The van der Waals surface area contributed by atoms with Crippen molar-refractivity contribution in [2.45, 2.75) is 38.9 Å². The van der Waals surface area contributed by atoms with E-state index in [1.165, 1.54) is 0 Å². The molecule has 0 saturated heterocycles. The van der Waals surface area contributed by atoms with E-state index in [1.807, 2.05) is 0 Å². The van der Waals surface area contributed by atoms with Gasteiger partial charge in [0.05, 0.1) is 17.7 Å². The highest BCUT2D eigenvalue weighted by atomic mass is 35.5. The van der Waals surface area contributed by atoms with Crippen LogP contribution in [-0.4, -0.2) is 36.1 Å². The van der Waals surface area contributed by atoms with Crippen molar-refractivity contribution in [2.75, 3.05) is 19.8 Å². The fourth-order valence-electron chi connectivity index (χ4n) is 1.59. The molecule has 0 radical (unpaired) electrons. The zero-order valence-corrected chi connectivity index (χ0v) is 12.8. The van der Waals surface area contributed by atoms with Crippen molar-refractivity contribution in [3.8, 4) is 5.75 Å². The quantitative estimate of drug-likeness (QED) is 0.689. The van der Waals surface area contributed by atoms with E-state index in [4.69, 9.17) is 21.1 Å². The molecule has 0 bridgehead atoms. The van der Waals surface area contributed by atoms with Crippen LogP contribution in [0.5, 0.6) is 5.75 Å². The second kappa shape index (κ2) is 9.19. The maximum atomic E-state index is 9.71.